The summed E-state index contributed by atoms with van der Waals surface area (Å²) in [6, 6.07) is 8.73. The molecule has 1 fully saturated rings. The molecule has 68 valence electrons. The lowest BCUT2D eigenvalue weighted by atomic mass is 9.85. The van der Waals surface area contributed by atoms with Crippen LogP contribution in [0.5, 0.6) is 0 Å². The molecule has 0 bridgehead atoms. The number of ether oxygens (including phenoxy) is 1. The predicted molar refractivity (Wildman–Crippen MR) is 51.6 cm³/mol. The Balaban J connectivity index is 2.15. The Morgan fingerprint density at radius 2 is 2.08 bits per heavy atom. The van der Waals surface area contributed by atoms with Crippen LogP contribution in [0.4, 0.5) is 0 Å². The molecule has 0 amide bonds. The molecule has 1 nitrogen and oxygen atoms in total. The fraction of sp³-hybridized carbons (Fsp3) is 0.500. The van der Waals surface area contributed by atoms with Gasteiger partial charge in [-0.05, 0) is 30.9 Å². The van der Waals surface area contributed by atoms with Gasteiger partial charge in [0.05, 0.1) is 12.7 Å². The van der Waals surface area contributed by atoms with Crippen molar-refractivity contribution in [2.24, 2.45) is 0 Å². The maximum atomic E-state index is 5.78. The van der Waals surface area contributed by atoms with Crippen molar-refractivity contribution in [2.75, 3.05) is 0 Å². The van der Waals surface area contributed by atoms with Crippen LogP contribution in [-0.4, -0.2) is 6.10 Å². The highest BCUT2D eigenvalue weighted by molar-refractivity contribution is 5.41. The second-order valence-corrected chi connectivity index (χ2v) is 4.27. The summed E-state index contributed by atoms with van der Waals surface area (Å²) >= 11 is 0. The lowest BCUT2D eigenvalue weighted by Crippen LogP contribution is -2.31. The summed E-state index contributed by atoms with van der Waals surface area (Å²) in [5, 5.41) is 0. The van der Waals surface area contributed by atoms with E-state index in [0.717, 1.165) is 6.61 Å². The highest BCUT2D eigenvalue weighted by atomic mass is 16.5. The Morgan fingerprint density at radius 3 is 2.85 bits per heavy atom. The Labute approximate surface area is 78.7 Å². The van der Waals surface area contributed by atoms with Gasteiger partial charge in [-0.15, -0.1) is 0 Å². The van der Waals surface area contributed by atoms with E-state index in [1.807, 2.05) is 0 Å². The average molecular weight is 174 g/mol. The second-order valence-electron chi connectivity index (χ2n) is 4.27. The molecular weight excluding hydrogens is 160 g/mol. The van der Waals surface area contributed by atoms with E-state index in [4.69, 9.17) is 4.74 Å². The zero-order valence-electron chi connectivity index (χ0n) is 7.92. The molecule has 3 rings (SSSR count). The van der Waals surface area contributed by atoms with Crippen LogP contribution in [0.1, 0.15) is 30.9 Å². The van der Waals surface area contributed by atoms with Crippen molar-refractivity contribution in [3.05, 3.63) is 35.4 Å². The quantitative estimate of drug-likeness (QED) is 0.587. The fourth-order valence-corrected chi connectivity index (χ4v) is 2.54. The molecule has 2 aliphatic rings. The van der Waals surface area contributed by atoms with Gasteiger partial charge >= 0.3 is 0 Å². The molecule has 1 saturated carbocycles. The molecule has 1 heterocycles. The molecule has 1 heteroatoms. The second kappa shape index (κ2) is 2.36. The highest BCUT2D eigenvalue weighted by Crippen LogP contribution is 2.55. The van der Waals surface area contributed by atoms with Gasteiger partial charge in [0.2, 0.25) is 0 Å². The van der Waals surface area contributed by atoms with E-state index in [9.17, 15) is 0 Å². The lowest BCUT2D eigenvalue weighted by Gasteiger charge is -2.31. The first-order chi connectivity index (χ1) is 6.33. The third-order valence-electron chi connectivity index (χ3n) is 3.61. The maximum Gasteiger partial charge on any atom is 0.0723 e. The van der Waals surface area contributed by atoms with E-state index >= 15 is 0 Å². The van der Waals surface area contributed by atoms with Crippen LogP contribution in [0.2, 0.25) is 0 Å². The first-order valence-corrected chi connectivity index (χ1v) is 5.03. The van der Waals surface area contributed by atoms with Crippen molar-refractivity contribution in [2.45, 2.75) is 37.9 Å². The van der Waals surface area contributed by atoms with Crippen molar-refractivity contribution in [3.63, 3.8) is 0 Å². The molecule has 13 heavy (non-hydrogen) atoms. The molecule has 0 saturated heterocycles. The molecule has 1 aliphatic heterocycles. The zero-order valence-corrected chi connectivity index (χ0v) is 7.92. The molecule has 0 N–H and O–H groups in total. The van der Waals surface area contributed by atoms with E-state index in [1.54, 1.807) is 5.56 Å². The molecule has 1 atom stereocenters. The smallest absolute Gasteiger partial charge is 0.0723 e. The number of hydrogen-bond acceptors (Lipinski definition) is 1. The monoisotopic (exact) mass is 174 g/mol. The minimum Gasteiger partial charge on any atom is -0.373 e. The van der Waals surface area contributed by atoms with Gasteiger partial charge < -0.3 is 4.74 Å². The number of fused-ring (bicyclic) bond motifs is 2. The summed E-state index contributed by atoms with van der Waals surface area (Å²) in [5.74, 6) is 0. The molecule has 1 aromatic carbocycles. The molecule has 1 aromatic rings. The summed E-state index contributed by atoms with van der Waals surface area (Å²) in [7, 11) is 0. The molecule has 1 aliphatic carbocycles. The van der Waals surface area contributed by atoms with E-state index in [-0.39, 0.29) is 0 Å². The Kier molecular flexibility index (Phi) is 1.37. The Bertz CT molecular complexity index is 339. The predicted octanol–water partition coefficient (Wildman–Crippen LogP) is 2.64. The first kappa shape index (κ1) is 7.57. The van der Waals surface area contributed by atoms with Gasteiger partial charge in [0.1, 0.15) is 0 Å². The van der Waals surface area contributed by atoms with Crippen LogP contribution in [0.25, 0.3) is 0 Å². The number of benzene rings is 1. The summed E-state index contributed by atoms with van der Waals surface area (Å²) in [5.41, 5.74) is 3.35. The third-order valence-corrected chi connectivity index (χ3v) is 3.61. The molecule has 0 radical (unpaired) electrons. The molecule has 1 unspecified atom stereocenters. The maximum absolute atomic E-state index is 5.78. The van der Waals surface area contributed by atoms with Gasteiger partial charge in [0.15, 0.2) is 0 Å². The van der Waals surface area contributed by atoms with Crippen molar-refractivity contribution in [1.82, 2.24) is 0 Å². The molecular formula is C12H14O. The zero-order chi connectivity index (χ0) is 8.89. The lowest BCUT2D eigenvalue weighted by molar-refractivity contribution is 0.0118. The van der Waals surface area contributed by atoms with Gasteiger partial charge in [0, 0.05) is 5.41 Å². The average Bonchev–Trinajstić information content (AvgIpc) is 2.94. The van der Waals surface area contributed by atoms with Crippen LogP contribution >= 0.6 is 0 Å². The number of rotatable bonds is 0. The van der Waals surface area contributed by atoms with Gasteiger partial charge in [0.25, 0.3) is 0 Å². The minimum atomic E-state index is 0.398. The van der Waals surface area contributed by atoms with Gasteiger partial charge in [-0.2, -0.15) is 0 Å². The van der Waals surface area contributed by atoms with E-state index in [0.29, 0.717) is 11.5 Å². The van der Waals surface area contributed by atoms with E-state index in [1.165, 1.54) is 18.4 Å². The van der Waals surface area contributed by atoms with Gasteiger partial charge in [-0.1, -0.05) is 24.3 Å². The van der Waals surface area contributed by atoms with Crippen molar-refractivity contribution in [1.29, 1.82) is 0 Å². The Morgan fingerprint density at radius 1 is 1.31 bits per heavy atom. The van der Waals surface area contributed by atoms with Crippen LogP contribution in [0.3, 0.4) is 0 Å². The largest absolute Gasteiger partial charge is 0.373 e. The van der Waals surface area contributed by atoms with E-state index in [2.05, 4.69) is 31.2 Å². The molecule has 1 spiro atoms. The standard InChI is InChI=1S/C12H14O/c1-9-12(6-7-12)11-5-3-2-4-10(11)8-13-9/h2-5,9H,6-8H2,1H3. The van der Waals surface area contributed by atoms with Gasteiger partial charge in [-0.25, -0.2) is 0 Å². The normalized spacial score (nSPS) is 28.5. The fourth-order valence-electron chi connectivity index (χ4n) is 2.54. The summed E-state index contributed by atoms with van der Waals surface area (Å²) in [6.07, 6.45) is 3.04. The van der Waals surface area contributed by atoms with Gasteiger partial charge in [-0.3, -0.25) is 0 Å². The first-order valence-electron chi connectivity index (χ1n) is 5.03. The summed E-state index contributed by atoms with van der Waals surface area (Å²) in [6.45, 7) is 3.02. The SMILES string of the molecule is CC1OCc2ccccc2C12CC2. The third kappa shape index (κ3) is 0.910. The van der Waals surface area contributed by atoms with Crippen molar-refractivity contribution in [3.8, 4) is 0 Å². The summed E-state index contributed by atoms with van der Waals surface area (Å²) in [4.78, 5) is 0. The van der Waals surface area contributed by atoms with Crippen LogP contribution < -0.4 is 0 Å². The van der Waals surface area contributed by atoms with Crippen LogP contribution in [-0.2, 0) is 16.8 Å². The number of hydrogen-bond donors (Lipinski definition) is 0. The van der Waals surface area contributed by atoms with Crippen LogP contribution in [0.15, 0.2) is 24.3 Å². The van der Waals surface area contributed by atoms with Crippen molar-refractivity contribution < 1.29 is 4.74 Å². The van der Waals surface area contributed by atoms with Crippen LogP contribution in [0, 0.1) is 0 Å². The molecule has 0 aromatic heterocycles. The topological polar surface area (TPSA) is 9.23 Å². The minimum absolute atomic E-state index is 0.398. The summed E-state index contributed by atoms with van der Waals surface area (Å²) < 4.78 is 5.78. The highest BCUT2D eigenvalue weighted by Gasteiger charge is 2.52. The Hall–Kier alpha value is -0.820. The van der Waals surface area contributed by atoms with E-state index < -0.39 is 0 Å². The van der Waals surface area contributed by atoms with Crippen molar-refractivity contribution >= 4 is 0 Å².